The molecule has 4 fully saturated rings. The first-order valence-electron chi connectivity index (χ1n) is 12.6. The molecule has 4 saturated carbocycles. The Bertz CT molecular complexity index is 689. The van der Waals surface area contributed by atoms with E-state index in [0.29, 0.717) is 35.4 Å². The fraction of sp³-hybridized carbons (Fsp3) is 0.926. The maximum atomic E-state index is 13.9. The smallest absolute Gasteiger partial charge is 0.303 e. The number of hydrogen-bond donors (Lipinski definition) is 2. The number of ketones is 1. The van der Waals surface area contributed by atoms with Crippen molar-refractivity contribution in [3.8, 4) is 0 Å². The number of carbonyl (C=O) groups is 2. The van der Waals surface area contributed by atoms with Crippen LogP contribution in [-0.4, -0.2) is 28.1 Å². The molecule has 0 bridgehead atoms. The van der Waals surface area contributed by atoms with E-state index in [1.165, 1.54) is 6.42 Å². The average Bonchev–Trinajstić information content (AvgIpc) is 3.05. The Labute approximate surface area is 189 Å². The highest BCUT2D eigenvalue weighted by atomic mass is 16.4. The molecule has 0 amide bonds. The summed E-state index contributed by atoms with van der Waals surface area (Å²) in [5.41, 5.74) is 0.358. The molecule has 4 rings (SSSR count). The first-order chi connectivity index (χ1) is 14.1. The zero-order valence-corrected chi connectivity index (χ0v) is 19.4. The number of aliphatic hydroxyl groups is 1. The van der Waals surface area contributed by atoms with Gasteiger partial charge in [-0.05, 0) is 98.2 Å². The van der Waals surface area contributed by atoms with Crippen molar-refractivity contribution in [1.82, 2.24) is 0 Å². The summed E-state index contributed by atoms with van der Waals surface area (Å²) in [7, 11) is 0. The van der Waals surface area contributed by atoms with E-state index in [9.17, 15) is 14.7 Å². The van der Waals surface area contributed by atoms with Gasteiger partial charge < -0.3 is 10.2 Å². The summed E-state index contributed by atoms with van der Waals surface area (Å²) in [4.78, 5) is 25.0. The summed E-state index contributed by atoms with van der Waals surface area (Å²) in [6.45, 7) is 9.28. The number of aliphatic hydroxyl groups excluding tert-OH is 1. The molecule has 4 aliphatic carbocycles. The third kappa shape index (κ3) is 3.79. The predicted molar refractivity (Wildman–Crippen MR) is 124 cm³/mol. The van der Waals surface area contributed by atoms with Gasteiger partial charge in [-0.1, -0.05) is 35.1 Å². The van der Waals surface area contributed by atoms with Crippen LogP contribution in [-0.2, 0) is 9.59 Å². The quantitative estimate of drug-likeness (QED) is 0.560. The van der Waals surface area contributed by atoms with E-state index in [-0.39, 0.29) is 42.6 Å². The minimum Gasteiger partial charge on any atom is -0.481 e. The molecule has 2 unspecified atom stereocenters. The van der Waals surface area contributed by atoms with Gasteiger partial charge in [0, 0.05) is 18.3 Å². The van der Waals surface area contributed by atoms with Gasteiger partial charge in [0.05, 0.1) is 6.10 Å². The molecule has 4 nitrogen and oxygen atoms in total. The molecule has 0 aromatic heterocycles. The Morgan fingerprint density at radius 1 is 1.06 bits per heavy atom. The Balaban J connectivity index is 0.00000272. The summed E-state index contributed by atoms with van der Waals surface area (Å²) in [6.07, 6.45) is 9.01. The van der Waals surface area contributed by atoms with Gasteiger partial charge in [0.15, 0.2) is 0 Å². The van der Waals surface area contributed by atoms with Crippen LogP contribution in [0.1, 0.15) is 99.3 Å². The van der Waals surface area contributed by atoms with Crippen molar-refractivity contribution in [3.63, 3.8) is 0 Å². The maximum Gasteiger partial charge on any atom is 0.303 e. The number of fused-ring (bicyclic) bond motifs is 5. The molecular weight excluding hydrogens is 388 g/mol. The normalized spacial score (nSPS) is 47.5. The van der Waals surface area contributed by atoms with E-state index in [1.807, 2.05) is 0 Å². The molecule has 0 radical (unpaired) electrons. The molecule has 0 aliphatic heterocycles. The zero-order valence-electron chi connectivity index (χ0n) is 19.4. The second-order valence-corrected chi connectivity index (χ2v) is 11.8. The molecule has 178 valence electrons. The van der Waals surface area contributed by atoms with Crippen molar-refractivity contribution >= 4 is 11.8 Å². The Hall–Kier alpha value is -0.900. The molecule has 0 spiro atoms. The number of rotatable bonds is 5. The molecule has 0 heterocycles. The van der Waals surface area contributed by atoms with Crippen LogP contribution in [0.2, 0.25) is 0 Å². The number of carboxylic acids is 1. The van der Waals surface area contributed by atoms with Crippen molar-refractivity contribution in [2.75, 3.05) is 0 Å². The Kier molecular flexibility index (Phi) is 7.02. The molecule has 0 aromatic rings. The number of carboxylic acid groups (broad SMARTS) is 1. The number of hydrogen-bond acceptors (Lipinski definition) is 3. The van der Waals surface area contributed by atoms with E-state index in [2.05, 4.69) is 27.7 Å². The molecule has 4 heteroatoms. The second-order valence-electron chi connectivity index (χ2n) is 11.8. The highest BCUT2D eigenvalue weighted by Crippen LogP contribution is 2.68. The fourth-order valence-corrected chi connectivity index (χ4v) is 9.16. The van der Waals surface area contributed by atoms with Crippen LogP contribution in [0, 0.1) is 52.3 Å². The lowest BCUT2D eigenvalue weighted by Crippen LogP contribution is -2.60. The molecule has 10 atom stereocenters. The van der Waals surface area contributed by atoms with Crippen LogP contribution in [0.3, 0.4) is 0 Å². The van der Waals surface area contributed by atoms with Gasteiger partial charge in [-0.15, -0.1) is 0 Å². The van der Waals surface area contributed by atoms with E-state index < -0.39 is 5.97 Å². The van der Waals surface area contributed by atoms with E-state index in [4.69, 9.17) is 5.11 Å². The maximum absolute atomic E-state index is 13.9. The lowest BCUT2D eigenvalue weighted by Gasteiger charge is -2.62. The third-order valence-corrected chi connectivity index (χ3v) is 10.7. The van der Waals surface area contributed by atoms with Gasteiger partial charge in [0.1, 0.15) is 5.78 Å². The van der Waals surface area contributed by atoms with Crippen LogP contribution in [0.15, 0.2) is 0 Å². The van der Waals surface area contributed by atoms with Crippen LogP contribution in [0.5, 0.6) is 0 Å². The van der Waals surface area contributed by atoms with Crippen molar-refractivity contribution < 1.29 is 19.8 Å². The first kappa shape index (κ1) is 24.7. The molecule has 2 N–H and O–H groups in total. The van der Waals surface area contributed by atoms with Crippen molar-refractivity contribution in [2.24, 2.45) is 52.3 Å². The van der Waals surface area contributed by atoms with Crippen LogP contribution < -0.4 is 0 Å². The summed E-state index contributed by atoms with van der Waals surface area (Å²) in [6, 6.07) is 0. The largest absolute Gasteiger partial charge is 0.481 e. The van der Waals surface area contributed by atoms with Gasteiger partial charge in [-0.25, -0.2) is 0 Å². The summed E-state index contributed by atoms with van der Waals surface area (Å²) in [5.74, 6) is 2.31. The number of Topliss-reactive ketones (excluding diaryl/α,β-unsaturated/α-hetero) is 1. The Morgan fingerprint density at radius 3 is 2.35 bits per heavy atom. The summed E-state index contributed by atoms with van der Waals surface area (Å²) in [5, 5.41) is 19.5. The standard InChI is InChI=1S/C26H42O4.CH4/c1-5-17-21-14-16(27)10-12-26(21,4)20-11-13-25(3)18(15(2)6-9-22(28)29)7-8-19(25)23(20)24(17)30;/h15-21,23,27H,5-14H2,1-4H3,(H,28,29);1H4/t15-,16-,17-,18-,19?,20?,21+,23+,25-,26-;/m1./s1. The number of aliphatic carboxylic acids is 1. The topological polar surface area (TPSA) is 74.6 Å². The van der Waals surface area contributed by atoms with Gasteiger partial charge in [0.2, 0.25) is 0 Å². The van der Waals surface area contributed by atoms with E-state index >= 15 is 0 Å². The van der Waals surface area contributed by atoms with Gasteiger partial charge in [-0.2, -0.15) is 0 Å². The molecule has 31 heavy (non-hydrogen) atoms. The highest BCUT2D eigenvalue weighted by Gasteiger charge is 2.65. The number of carbonyl (C=O) groups excluding carboxylic acids is 1. The van der Waals surface area contributed by atoms with Crippen LogP contribution in [0.4, 0.5) is 0 Å². The minimum absolute atomic E-state index is 0. The second kappa shape index (κ2) is 8.80. The molecule has 4 aliphatic rings. The van der Waals surface area contributed by atoms with E-state index in [0.717, 1.165) is 51.4 Å². The summed E-state index contributed by atoms with van der Waals surface area (Å²) >= 11 is 0. The van der Waals surface area contributed by atoms with E-state index in [1.54, 1.807) is 0 Å². The summed E-state index contributed by atoms with van der Waals surface area (Å²) < 4.78 is 0. The molecule has 0 saturated heterocycles. The van der Waals surface area contributed by atoms with Gasteiger partial charge >= 0.3 is 5.97 Å². The van der Waals surface area contributed by atoms with Crippen molar-refractivity contribution in [2.45, 2.75) is 105 Å². The first-order valence-corrected chi connectivity index (χ1v) is 12.6. The minimum atomic E-state index is -0.697. The average molecular weight is 435 g/mol. The van der Waals surface area contributed by atoms with Crippen LogP contribution in [0.25, 0.3) is 0 Å². The lowest BCUT2D eigenvalue weighted by atomic mass is 9.42. The predicted octanol–water partition coefficient (Wildman–Crippen LogP) is 5.96. The lowest BCUT2D eigenvalue weighted by molar-refractivity contribution is -0.173. The Morgan fingerprint density at radius 2 is 1.71 bits per heavy atom. The van der Waals surface area contributed by atoms with Crippen molar-refractivity contribution in [3.05, 3.63) is 0 Å². The van der Waals surface area contributed by atoms with Crippen LogP contribution >= 0.6 is 0 Å². The fourth-order valence-electron chi connectivity index (χ4n) is 9.16. The van der Waals surface area contributed by atoms with Crippen molar-refractivity contribution in [1.29, 1.82) is 0 Å². The van der Waals surface area contributed by atoms with Gasteiger partial charge in [0.25, 0.3) is 0 Å². The molecular formula is C27H46O4. The monoisotopic (exact) mass is 434 g/mol. The SMILES string of the molecule is C.CC[C@H]1C(=O)[C@H]2C3CC[C@H]([C@H](C)CCC(=O)O)[C@@]3(C)CCC2[C@@]2(C)CC[C@@H](O)C[C@@H]12. The third-order valence-electron chi connectivity index (χ3n) is 10.7. The van der Waals surface area contributed by atoms with Gasteiger partial charge in [-0.3, -0.25) is 9.59 Å². The molecule has 0 aromatic carbocycles. The highest BCUT2D eigenvalue weighted by molar-refractivity contribution is 5.86. The zero-order chi connectivity index (χ0) is 21.8.